The molecule has 1 amide bonds. The van der Waals surface area contributed by atoms with Crippen molar-refractivity contribution in [1.29, 1.82) is 0 Å². The second-order valence-corrected chi connectivity index (χ2v) is 3.42. The van der Waals surface area contributed by atoms with Crippen molar-refractivity contribution in [3.63, 3.8) is 0 Å². The Morgan fingerprint density at radius 2 is 1.94 bits per heavy atom. The summed E-state index contributed by atoms with van der Waals surface area (Å²) in [7, 11) is 3.21. The largest absolute Gasteiger partial charge is 0.493 e. The molecule has 1 aromatic carbocycles. The molecule has 1 rings (SSSR count). The lowest BCUT2D eigenvalue weighted by Crippen LogP contribution is -2.22. The van der Waals surface area contributed by atoms with Crippen molar-refractivity contribution in [3.05, 3.63) is 23.8 Å². The van der Waals surface area contributed by atoms with E-state index in [0.29, 0.717) is 18.0 Å². The zero-order valence-corrected chi connectivity index (χ0v) is 9.87. The van der Waals surface area contributed by atoms with Gasteiger partial charge in [-0.15, -0.1) is 0 Å². The Balaban J connectivity index is 2.64. The van der Waals surface area contributed by atoms with Gasteiger partial charge in [0.1, 0.15) is 0 Å². The molecule has 0 aromatic heterocycles. The molecule has 88 valence electrons. The van der Waals surface area contributed by atoms with Gasteiger partial charge in [-0.25, -0.2) is 0 Å². The quantitative estimate of drug-likeness (QED) is 0.820. The molecular formula is C12H17NO3. The van der Waals surface area contributed by atoms with E-state index < -0.39 is 0 Å². The van der Waals surface area contributed by atoms with Crippen molar-refractivity contribution < 1.29 is 14.3 Å². The highest BCUT2D eigenvalue weighted by atomic mass is 16.5. The van der Waals surface area contributed by atoms with Gasteiger partial charge in [0.2, 0.25) is 5.91 Å². The maximum atomic E-state index is 10.7. The second-order valence-electron chi connectivity index (χ2n) is 3.42. The lowest BCUT2D eigenvalue weighted by molar-refractivity contribution is -0.118. The van der Waals surface area contributed by atoms with Crippen LogP contribution >= 0.6 is 0 Å². The Hall–Kier alpha value is -1.71. The van der Waals surface area contributed by atoms with Crippen molar-refractivity contribution in [3.8, 4) is 11.5 Å². The molecule has 0 bridgehead atoms. The Morgan fingerprint density at radius 3 is 2.50 bits per heavy atom. The number of carbonyl (C=O) groups excluding carboxylic acids is 1. The van der Waals surface area contributed by atoms with Gasteiger partial charge in [-0.05, 0) is 24.1 Å². The maximum Gasteiger partial charge on any atom is 0.216 e. The highest BCUT2D eigenvalue weighted by molar-refractivity contribution is 5.72. The molecule has 0 saturated heterocycles. The van der Waals surface area contributed by atoms with Crippen LogP contribution < -0.4 is 14.8 Å². The molecule has 0 saturated carbocycles. The summed E-state index contributed by atoms with van der Waals surface area (Å²) in [6.45, 7) is 2.14. The first-order valence-corrected chi connectivity index (χ1v) is 5.12. The predicted octanol–water partition coefficient (Wildman–Crippen LogP) is 1.38. The fourth-order valence-corrected chi connectivity index (χ4v) is 1.42. The summed E-state index contributed by atoms with van der Waals surface area (Å²) in [5, 5.41) is 2.75. The average molecular weight is 223 g/mol. The van der Waals surface area contributed by atoms with Crippen LogP contribution in [0.2, 0.25) is 0 Å². The van der Waals surface area contributed by atoms with E-state index in [4.69, 9.17) is 9.47 Å². The molecule has 0 heterocycles. The minimum Gasteiger partial charge on any atom is -0.493 e. The van der Waals surface area contributed by atoms with E-state index in [1.165, 1.54) is 6.92 Å². The fraction of sp³-hybridized carbons (Fsp3) is 0.417. The maximum absolute atomic E-state index is 10.7. The van der Waals surface area contributed by atoms with E-state index in [9.17, 15) is 4.79 Å². The summed E-state index contributed by atoms with van der Waals surface area (Å²) in [6, 6.07) is 5.74. The van der Waals surface area contributed by atoms with Gasteiger partial charge < -0.3 is 14.8 Å². The minimum atomic E-state index is -0.0134. The minimum absolute atomic E-state index is 0.0134. The van der Waals surface area contributed by atoms with E-state index in [1.54, 1.807) is 14.2 Å². The van der Waals surface area contributed by atoms with Gasteiger partial charge in [0.05, 0.1) is 14.2 Å². The normalized spacial score (nSPS) is 9.69. The van der Waals surface area contributed by atoms with Crippen molar-refractivity contribution in [2.75, 3.05) is 20.8 Å². The van der Waals surface area contributed by atoms with Gasteiger partial charge in [0.25, 0.3) is 0 Å². The van der Waals surface area contributed by atoms with Crippen LogP contribution in [0.4, 0.5) is 0 Å². The van der Waals surface area contributed by atoms with Gasteiger partial charge in [-0.3, -0.25) is 4.79 Å². The van der Waals surface area contributed by atoms with Crippen LogP contribution in [-0.2, 0) is 11.2 Å². The van der Waals surface area contributed by atoms with Crippen molar-refractivity contribution in [2.24, 2.45) is 0 Å². The Morgan fingerprint density at radius 1 is 1.25 bits per heavy atom. The molecule has 0 fully saturated rings. The highest BCUT2D eigenvalue weighted by Crippen LogP contribution is 2.27. The summed E-state index contributed by atoms with van der Waals surface area (Å²) in [6.07, 6.45) is 0.778. The third-order valence-corrected chi connectivity index (χ3v) is 2.24. The number of benzene rings is 1. The topological polar surface area (TPSA) is 47.6 Å². The van der Waals surface area contributed by atoms with E-state index in [2.05, 4.69) is 5.32 Å². The molecule has 1 N–H and O–H groups in total. The molecule has 0 radical (unpaired) electrons. The number of amides is 1. The Kier molecular flexibility index (Phi) is 4.64. The summed E-state index contributed by atoms with van der Waals surface area (Å²) < 4.78 is 10.3. The van der Waals surface area contributed by atoms with Gasteiger partial charge >= 0.3 is 0 Å². The zero-order valence-electron chi connectivity index (χ0n) is 9.87. The summed E-state index contributed by atoms with van der Waals surface area (Å²) in [5.74, 6) is 1.41. The van der Waals surface area contributed by atoms with Gasteiger partial charge in [-0.2, -0.15) is 0 Å². The Labute approximate surface area is 95.6 Å². The molecule has 0 aliphatic rings. The van der Waals surface area contributed by atoms with E-state index >= 15 is 0 Å². The summed E-state index contributed by atoms with van der Waals surface area (Å²) in [4.78, 5) is 10.7. The van der Waals surface area contributed by atoms with Crippen molar-refractivity contribution in [1.82, 2.24) is 5.32 Å². The number of nitrogens with one attached hydrogen (secondary N) is 1. The summed E-state index contributed by atoms with van der Waals surface area (Å²) in [5.41, 5.74) is 1.10. The molecule has 0 spiro atoms. The van der Waals surface area contributed by atoms with Crippen LogP contribution in [0.25, 0.3) is 0 Å². The first kappa shape index (κ1) is 12.4. The Bertz CT molecular complexity index is 363. The molecule has 0 aliphatic carbocycles. The van der Waals surface area contributed by atoms with Crippen LogP contribution in [-0.4, -0.2) is 26.7 Å². The lowest BCUT2D eigenvalue weighted by Gasteiger charge is -2.09. The molecule has 4 heteroatoms. The molecule has 0 aliphatic heterocycles. The number of rotatable bonds is 5. The summed E-state index contributed by atoms with van der Waals surface area (Å²) >= 11 is 0. The van der Waals surface area contributed by atoms with Crippen LogP contribution in [0.5, 0.6) is 11.5 Å². The molecule has 0 unspecified atom stereocenters. The number of carbonyl (C=O) groups is 1. The number of hydrogen-bond acceptors (Lipinski definition) is 3. The van der Waals surface area contributed by atoms with Crippen molar-refractivity contribution in [2.45, 2.75) is 13.3 Å². The SMILES string of the molecule is COc1ccc(CCNC(C)=O)cc1OC. The smallest absolute Gasteiger partial charge is 0.216 e. The second kappa shape index (κ2) is 6.00. The first-order valence-electron chi connectivity index (χ1n) is 5.12. The van der Waals surface area contributed by atoms with Crippen LogP contribution in [0, 0.1) is 0 Å². The van der Waals surface area contributed by atoms with Gasteiger partial charge in [0, 0.05) is 13.5 Å². The lowest BCUT2D eigenvalue weighted by atomic mass is 10.1. The van der Waals surface area contributed by atoms with Crippen LogP contribution in [0.3, 0.4) is 0 Å². The monoisotopic (exact) mass is 223 g/mol. The van der Waals surface area contributed by atoms with E-state index in [-0.39, 0.29) is 5.91 Å². The van der Waals surface area contributed by atoms with Gasteiger partial charge in [-0.1, -0.05) is 6.07 Å². The van der Waals surface area contributed by atoms with Crippen molar-refractivity contribution >= 4 is 5.91 Å². The number of hydrogen-bond donors (Lipinski definition) is 1. The van der Waals surface area contributed by atoms with E-state index in [1.807, 2.05) is 18.2 Å². The molecule has 4 nitrogen and oxygen atoms in total. The molecule has 0 atom stereocenters. The van der Waals surface area contributed by atoms with Gasteiger partial charge in [0.15, 0.2) is 11.5 Å². The standard InChI is InChI=1S/C12H17NO3/c1-9(14)13-7-6-10-4-5-11(15-2)12(8-10)16-3/h4-5,8H,6-7H2,1-3H3,(H,13,14). The van der Waals surface area contributed by atoms with Crippen LogP contribution in [0.15, 0.2) is 18.2 Å². The van der Waals surface area contributed by atoms with Crippen LogP contribution in [0.1, 0.15) is 12.5 Å². The fourth-order valence-electron chi connectivity index (χ4n) is 1.42. The molecule has 1 aromatic rings. The first-order chi connectivity index (χ1) is 7.67. The molecule has 16 heavy (non-hydrogen) atoms. The molecular weight excluding hydrogens is 206 g/mol. The number of ether oxygens (including phenoxy) is 2. The third kappa shape index (κ3) is 3.46. The third-order valence-electron chi connectivity index (χ3n) is 2.24. The number of methoxy groups -OCH3 is 2. The predicted molar refractivity (Wildman–Crippen MR) is 61.9 cm³/mol. The van der Waals surface area contributed by atoms with E-state index in [0.717, 1.165) is 12.0 Å². The highest BCUT2D eigenvalue weighted by Gasteiger charge is 2.04. The zero-order chi connectivity index (χ0) is 12.0. The average Bonchev–Trinajstić information content (AvgIpc) is 2.28.